The lowest BCUT2D eigenvalue weighted by Gasteiger charge is -2.22. The van der Waals surface area contributed by atoms with Crippen LogP contribution in [0.4, 0.5) is 4.39 Å². The molecular weight excluding hydrogens is 249 g/mol. The van der Waals surface area contributed by atoms with E-state index in [2.05, 4.69) is 5.32 Å². The third kappa shape index (κ3) is 5.26. The second-order valence-electron chi connectivity index (χ2n) is 5.79. The number of hydrogen-bond donors (Lipinski definition) is 3. The first kappa shape index (κ1) is 15.4. The number of aliphatic hydroxyl groups is 1. The summed E-state index contributed by atoms with van der Waals surface area (Å²) in [7, 11) is 0. The molecular formula is C14H20FNO3. The average molecular weight is 269 g/mol. The normalized spacial score (nSPS) is 13.1. The molecule has 1 rings (SSSR count). The molecule has 106 valence electrons. The SMILES string of the molecule is CC(C)(C)CC(O)CNC(=O)c1ccc(O)cc1F. The average Bonchev–Trinajstić information content (AvgIpc) is 2.23. The van der Waals surface area contributed by atoms with Gasteiger partial charge in [-0.2, -0.15) is 0 Å². The third-order valence-electron chi connectivity index (χ3n) is 2.54. The Bertz CT molecular complexity index is 454. The number of rotatable bonds is 4. The largest absolute Gasteiger partial charge is 0.508 e. The lowest BCUT2D eigenvalue weighted by atomic mass is 9.89. The Hall–Kier alpha value is -1.62. The van der Waals surface area contributed by atoms with Gasteiger partial charge in [-0.05, 0) is 24.0 Å². The summed E-state index contributed by atoms with van der Waals surface area (Å²) in [5, 5.41) is 21.3. The third-order valence-corrected chi connectivity index (χ3v) is 2.54. The fourth-order valence-electron chi connectivity index (χ4n) is 1.77. The molecule has 0 aliphatic carbocycles. The number of carbonyl (C=O) groups excluding carboxylic acids is 1. The monoisotopic (exact) mass is 269 g/mol. The standard InChI is InChI=1S/C14H20FNO3/c1-14(2,3)7-10(18)8-16-13(19)11-5-4-9(17)6-12(11)15/h4-6,10,17-18H,7-8H2,1-3H3,(H,16,19). The van der Waals surface area contributed by atoms with E-state index in [1.54, 1.807) is 0 Å². The molecule has 0 aromatic heterocycles. The van der Waals surface area contributed by atoms with Crippen LogP contribution in [-0.2, 0) is 0 Å². The predicted molar refractivity (Wildman–Crippen MR) is 70.5 cm³/mol. The van der Waals surface area contributed by atoms with Crippen LogP contribution in [0.15, 0.2) is 18.2 Å². The molecule has 0 aliphatic rings. The summed E-state index contributed by atoms with van der Waals surface area (Å²) in [6, 6.07) is 3.32. The summed E-state index contributed by atoms with van der Waals surface area (Å²) in [6.07, 6.45) is -0.144. The van der Waals surface area contributed by atoms with Crippen LogP contribution in [0.2, 0.25) is 0 Å². The summed E-state index contributed by atoms with van der Waals surface area (Å²) < 4.78 is 13.4. The number of phenols is 1. The molecule has 0 saturated carbocycles. The molecule has 0 radical (unpaired) electrons. The van der Waals surface area contributed by atoms with Crippen LogP contribution in [0.1, 0.15) is 37.6 Å². The Morgan fingerprint density at radius 2 is 2.05 bits per heavy atom. The maximum Gasteiger partial charge on any atom is 0.254 e. The van der Waals surface area contributed by atoms with E-state index in [4.69, 9.17) is 5.11 Å². The lowest BCUT2D eigenvalue weighted by molar-refractivity contribution is 0.0865. The second kappa shape index (κ2) is 6.02. The fraction of sp³-hybridized carbons (Fsp3) is 0.500. The van der Waals surface area contributed by atoms with Gasteiger partial charge in [0.2, 0.25) is 0 Å². The molecule has 1 amide bonds. The summed E-state index contributed by atoms with van der Waals surface area (Å²) in [5.41, 5.74) is -0.200. The smallest absolute Gasteiger partial charge is 0.254 e. The van der Waals surface area contributed by atoms with Gasteiger partial charge < -0.3 is 15.5 Å². The summed E-state index contributed by atoms with van der Waals surface area (Å²) in [6.45, 7) is 6.02. The van der Waals surface area contributed by atoms with E-state index >= 15 is 0 Å². The van der Waals surface area contributed by atoms with Crippen LogP contribution < -0.4 is 5.32 Å². The van der Waals surface area contributed by atoms with Gasteiger partial charge in [0.05, 0.1) is 11.7 Å². The number of hydrogen-bond acceptors (Lipinski definition) is 3. The Morgan fingerprint density at radius 1 is 1.42 bits per heavy atom. The minimum atomic E-state index is -0.789. The lowest BCUT2D eigenvalue weighted by Crippen LogP contribution is -2.34. The van der Waals surface area contributed by atoms with Crippen molar-refractivity contribution in [3.63, 3.8) is 0 Å². The van der Waals surface area contributed by atoms with E-state index in [9.17, 15) is 14.3 Å². The molecule has 1 unspecified atom stereocenters. The van der Waals surface area contributed by atoms with Gasteiger partial charge in [-0.3, -0.25) is 4.79 Å². The molecule has 1 aromatic rings. The molecule has 1 aromatic carbocycles. The molecule has 4 nitrogen and oxygen atoms in total. The van der Waals surface area contributed by atoms with E-state index in [0.29, 0.717) is 6.42 Å². The van der Waals surface area contributed by atoms with Crippen LogP contribution in [0.5, 0.6) is 5.75 Å². The van der Waals surface area contributed by atoms with Crippen molar-refractivity contribution < 1.29 is 19.4 Å². The summed E-state index contributed by atoms with van der Waals surface area (Å²) in [5.74, 6) is -1.63. The Kier molecular flexibility index (Phi) is 4.89. The van der Waals surface area contributed by atoms with Gasteiger partial charge in [0, 0.05) is 12.6 Å². The molecule has 0 aliphatic heterocycles. The van der Waals surface area contributed by atoms with Gasteiger partial charge in [-0.1, -0.05) is 20.8 Å². The Balaban J connectivity index is 2.56. The zero-order valence-corrected chi connectivity index (χ0v) is 11.4. The van der Waals surface area contributed by atoms with Gasteiger partial charge in [0.15, 0.2) is 0 Å². The maximum atomic E-state index is 13.4. The number of amides is 1. The number of halogens is 1. The zero-order valence-electron chi connectivity index (χ0n) is 11.4. The molecule has 0 saturated heterocycles. The highest BCUT2D eigenvalue weighted by Crippen LogP contribution is 2.20. The fourth-order valence-corrected chi connectivity index (χ4v) is 1.77. The molecule has 0 heterocycles. The summed E-state index contributed by atoms with van der Waals surface area (Å²) >= 11 is 0. The summed E-state index contributed by atoms with van der Waals surface area (Å²) in [4.78, 5) is 11.7. The molecule has 0 fully saturated rings. The van der Waals surface area contributed by atoms with Crippen LogP contribution >= 0.6 is 0 Å². The van der Waals surface area contributed by atoms with Gasteiger partial charge in [0.25, 0.3) is 5.91 Å². The highest BCUT2D eigenvalue weighted by Gasteiger charge is 2.18. The number of carbonyl (C=O) groups is 1. The highest BCUT2D eigenvalue weighted by atomic mass is 19.1. The molecule has 1 atom stereocenters. The van der Waals surface area contributed by atoms with E-state index < -0.39 is 17.8 Å². The first-order valence-corrected chi connectivity index (χ1v) is 6.14. The van der Waals surface area contributed by atoms with Crippen molar-refractivity contribution in [3.8, 4) is 5.75 Å². The van der Waals surface area contributed by atoms with Crippen molar-refractivity contribution in [1.29, 1.82) is 0 Å². The first-order chi connectivity index (χ1) is 8.69. The highest BCUT2D eigenvalue weighted by molar-refractivity contribution is 5.94. The van der Waals surface area contributed by atoms with Crippen molar-refractivity contribution >= 4 is 5.91 Å². The van der Waals surface area contributed by atoms with Crippen molar-refractivity contribution in [2.45, 2.75) is 33.3 Å². The van der Waals surface area contributed by atoms with Gasteiger partial charge in [0.1, 0.15) is 11.6 Å². The molecule has 0 spiro atoms. The van der Waals surface area contributed by atoms with E-state index in [-0.39, 0.29) is 23.3 Å². The van der Waals surface area contributed by atoms with E-state index in [1.165, 1.54) is 12.1 Å². The quantitative estimate of drug-likeness (QED) is 0.783. The first-order valence-electron chi connectivity index (χ1n) is 6.14. The van der Waals surface area contributed by atoms with Crippen molar-refractivity contribution in [3.05, 3.63) is 29.6 Å². The second-order valence-corrected chi connectivity index (χ2v) is 5.79. The van der Waals surface area contributed by atoms with E-state index in [1.807, 2.05) is 20.8 Å². The van der Waals surface area contributed by atoms with Gasteiger partial charge >= 0.3 is 0 Å². The topological polar surface area (TPSA) is 69.6 Å². The number of aliphatic hydroxyl groups excluding tert-OH is 1. The van der Waals surface area contributed by atoms with Gasteiger partial charge in [-0.15, -0.1) is 0 Å². The predicted octanol–water partition coefficient (Wildman–Crippen LogP) is 2.06. The van der Waals surface area contributed by atoms with E-state index in [0.717, 1.165) is 6.07 Å². The molecule has 19 heavy (non-hydrogen) atoms. The minimum Gasteiger partial charge on any atom is -0.508 e. The van der Waals surface area contributed by atoms with Gasteiger partial charge in [-0.25, -0.2) is 4.39 Å². The Morgan fingerprint density at radius 3 is 2.58 bits per heavy atom. The number of nitrogens with one attached hydrogen (secondary N) is 1. The Labute approximate surface area is 112 Å². The molecule has 3 N–H and O–H groups in total. The number of benzene rings is 1. The van der Waals surface area contributed by atoms with Crippen LogP contribution in [-0.4, -0.2) is 28.8 Å². The van der Waals surface area contributed by atoms with Crippen molar-refractivity contribution in [1.82, 2.24) is 5.32 Å². The minimum absolute atomic E-state index is 0.0477. The number of phenolic OH excluding ortho intramolecular Hbond substituents is 1. The molecule has 5 heteroatoms. The van der Waals surface area contributed by atoms with Crippen molar-refractivity contribution in [2.75, 3.05) is 6.54 Å². The van der Waals surface area contributed by atoms with Crippen LogP contribution in [0.25, 0.3) is 0 Å². The number of aromatic hydroxyl groups is 1. The van der Waals surface area contributed by atoms with Crippen LogP contribution in [0.3, 0.4) is 0 Å². The van der Waals surface area contributed by atoms with Crippen LogP contribution in [0, 0.1) is 11.2 Å². The maximum absolute atomic E-state index is 13.4. The zero-order chi connectivity index (χ0) is 14.6. The molecule has 0 bridgehead atoms. The van der Waals surface area contributed by atoms with Crippen molar-refractivity contribution in [2.24, 2.45) is 5.41 Å².